The first-order valence-electron chi connectivity index (χ1n) is 6.25. The Morgan fingerprint density at radius 1 is 1.30 bits per heavy atom. The molecule has 0 aliphatic heterocycles. The number of hydrogen-bond acceptors (Lipinski definition) is 3. The maximum Gasteiger partial charge on any atom is 0.166 e. The molecule has 102 valence electrons. The summed E-state index contributed by atoms with van der Waals surface area (Å²) >= 11 is 5.20. The molecule has 3 aromatic rings. The maximum absolute atomic E-state index is 5.89. The van der Waals surface area contributed by atoms with Crippen LogP contribution in [0.5, 0.6) is 0 Å². The fourth-order valence-corrected chi connectivity index (χ4v) is 3.49. The number of fused-ring (bicyclic) bond motifs is 1. The molecular weight excluding hydrogens is 334 g/mol. The summed E-state index contributed by atoms with van der Waals surface area (Å²) in [5.41, 5.74) is 11.1. The van der Waals surface area contributed by atoms with Gasteiger partial charge in [-0.05, 0) is 52.2 Å². The van der Waals surface area contributed by atoms with Crippen LogP contribution in [0, 0.1) is 6.92 Å². The summed E-state index contributed by atoms with van der Waals surface area (Å²) in [5.74, 6) is 0.824. The van der Waals surface area contributed by atoms with Crippen LogP contribution in [0.4, 0.5) is 5.69 Å². The largest absolute Gasteiger partial charge is 0.398 e. The van der Waals surface area contributed by atoms with Crippen LogP contribution in [0.25, 0.3) is 11.0 Å². The van der Waals surface area contributed by atoms with Gasteiger partial charge in [-0.1, -0.05) is 30.0 Å². The van der Waals surface area contributed by atoms with Crippen molar-refractivity contribution in [2.75, 3.05) is 5.73 Å². The van der Waals surface area contributed by atoms with Gasteiger partial charge in [-0.15, -0.1) is 0 Å². The summed E-state index contributed by atoms with van der Waals surface area (Å²) < 4.78 is 0.972. The molecule has 20 heavy (non-hydrogen) atoms. The highest BCUT2D eigenvalue weighted by Gasteiger charge is 2.07. The molecule has 0 atom stereocenters. The highest BCUT2D eigenvalue weighted by molar-refractivity contribution is 9.10. The predicted molar refractivity (Wildman–Crippen MR) is 88.9 cm³/mol. The highest BCUT2D eigenvalue weighted by Crippen LogP contribution is 2.30. The molecule has 0 unspecified atom stereocenters. The number of aromatic amines is 1. The van der Waals surface area contributed by atoms with Crippen LogP contribution in [0.3, 0.4) is 0 Å². The van der Waals surface area contributed by atoms with E-state index in [1.54, 1.807) is 11.8 Å². The third kappa shape index (κ3) is 2.69. The second kappa shape index (κ2) is 5.50. The molecule has 1 heterocycles. The predicted octanol–water partition coefficient (Wildman–Crippen LogP) is 4.51. The van der Waals surface area contributed by atoms with Gasteiger partial charge in [0.15, 0.2) is 5.16 Å². The second-order valence-electron chi connectivity index (χ2n) is 4.67. The Balaban J connectivity index is 1.81. The molecule has 0 saturated heterocycles. The number of imidazole rings is 1. The van der Waals surface area contributed by atoms with E-state index in [2.05, 4.69) is 51.0 Å². The first kappa shape index (κ1) is 13.5. The van der Waals surface area contributed by atoms with Crippen molar-refractivity contribution in [3.8, 4) is 0 Å². The van der Waals surface area contributed by atoms with Gasteiger partial charge in [-0.2, -0.15) is 0 Å². The number of H-pyrrole nitrogens is 1. The zero-order valence-corrected chi connectivity index (χ0v) is 13.4. The normalized spacial score (nSPS) is 11.1. The van der Waals surface area contributed by atoms with E-state index in [0.717, 1.165) is 32.1 Å². The highest BCUT2D eigenvalue weighted by atomic mass is 79.9. The summed E-state index contributed by atoms with van der Waals surface area (Å²) in [4.78, 5) is 7.93. The number of halogens is 1. The van der Waals surface area contributed by atoms with E-state index in [1.165, 1.54) is 11.1 Å². The van der Waals surface area contributed by atoms with E-state index in [-0.39, 0.29) is 0 Å². The van der Waals surface area contributed by atoms with Crippen LogP contribution in [-0.2, 0) is 5.75 Å². The molecule has 0 saturated carbocycles. The average molecular weight is 348 g/mol. The van der Waals surface area contributed by atoms with Crippen molar-refractivity contribution in [1.29, 1.82) is 0 Å². The van der Waals surface area contributed by atoms with Crippen molar-refractivity contribution in [2.45, 2.75) is 17.8 Å². The number of aryl methyl sites for hydroxylation is 1. The number of aromatic nitrogens is 2. The fraction of sp³-hybridized carbons (Fsp3) is 0.133. The second-order valence-corrected chi connectivity index (χ2v) is 6.43. The summed E-state index contributed by atoms with van der Waals surface area (Å²) in [6, 6.07) is 12.2. The molecule has 0 radical (unpaired) electrons. The summed E-state index contributed by atoms with van der Waals surface area (Å²) in [6.45, 7) is 2.08. The van der Waals surface area contributed by atoms with E-state index in [9.17, 15) is 0 Å². The third-order valence-corrected chi connectivity index (χ3v) is 4.98. The lowest BCUT2D eigenvalue weighted by molar-refractivity contribution is 1.08. The average Bonchev–Trinajstić information content (AvgIpc) is 2.82. The van der Waals surface area contributed by atoms with Gasteiger partial charge in [-0.25, -0.2) is 4.98 Å². The van der Waals surface area contributed by atoms with Crippen molar-refractivity contribution in [3.63, 3.8) is 0 Å². The molecule has 0 aliphatic carbocycles. The number of rotatable bonds is 3. The molecular formula is C15H14BrN3S. The molecule has 2 aromatic carbocycles. The maximum atomic E-state index is 5.89. The lowest BCUT2D eigenvalue weighted by Gasteiger charge is -2.05. The first-order chi connectivity index (χ1) is 9.63. The monoisotopic (exact) mass is 347 g/mol. The van der Waals surface area contributed by atoms with E-state index in [0.29, 0.717) is 0 Å². The van der Waals surface area contributed by atoms with Crippen LogP contribution in [-0.4, -0.2) is 9.97 Å². The van der Waals surface area contributed by atoms with Gasteiger partial charge < -0.3 is 10.7 Å². The Labute approximate surface area is 130 Å². The number of nitrogens with one attached hydrogen (secondary N) is 1. The Hall–Kier alpha value is -1.46. The summed E-state index contributed by atoms with van der Waals surface area (Å²) in [7, 11) is 0. The fourth-order valence-electron chi connectivity index (χ4n) is 2.03. The Morgan fingerprint density at radius 3 is 3.00 bits per heavy atom. The zero-order valence-electron chi connectivity index (χ0n) is 11.0. The molecule has 3 N–H and O–H groups in total. The van der Waals surface area contributed by atoms with Crippen molar-refractivity contribution >= 4 is 44.4 Å². The minimum Gasteiger partial charge on any atom is -0.398 e. The van der Waals surface area contributed by atoms with Gasteiger partial charge in [0.25, 0.3) is 0 Å². The standard InChI is InChI=1S/C15H14BrN3S/c1-9-5-6-12-13(7-9)19-15(18-12)20-8-10-3-2-4-11(17)14(10)16/h2-7H,8,17H2,1H3,(H,18,19). The molecule has 0 aliphatic rings. The Kier molecular flexibility index (Phi) is 3.72. The smallest absolute Gasteiger partial charge is 0.166 e. The van der Waals surface area contributed by atoms with Gasteiger partial charge in [0.1, 0.15) is 0 Å². The first-order valence-corrected chi connectivity index (χ1v) is 8.03. The van der Waals surface area contributed by atoms with Crippen molar-refractivity contribution in [2.24, 2.45) is 0 Å². The Morgan fingerprint density at radius 2 is 2.15 bits per heavy atom. The van der Waals surface area contributed by atoms with Crippen LogP contribution in [0.2, 0.25) is 0 Å². The number of anilines is 1. The van der Waals surface area contributed by atoms with Gasteiger partial charge in [0, 0.05) is 15.9 Å². The zero-order chi connectivity index (χ0) is 14.1. The number of nitrogens with zero attached hydrogens (tertiary/aromatic N) is 1. The lowest BCUT2D eigenvalue weighted by Crippen LogP contribution is -1.91. The number of nitrogen functional groups attached to an aromatic ring is 1. The number of nitrogens with two attached hydrogens (primary N) is 1. The van der Waals surface area contributed by atoms with Crippen molar-refractivity contribution < 1.29 is 0 Å². The van der Waals surface area contributed by atoms with Gasteiger partial charge in [0.2, 0.25) is 0 Å². The molecule has 0 fully saturated rings. The van der Waals surface area contributed by atoms with E-state index in [1.807, 2.05) is 18.2 Å². The summed E-state index contributed by atoms with van der Waals surface area (Å²) in [5, 5.41) is 0.930. The van der Waals surface area contributed by atoms with E-state index >= 15 is 0 Å². The van der Waals surface area contributed by atoms with Crippen molar-refractivity contribution in [3.05, 3.63) is 52.0 Å². The third-order valence-electron chi connectivity index (χ3n) is 3.09. The van der Waals surface area contributed by atoms with Crippen LogP contribution >= 0.6 is 27.7 Å². The van der Waals surface area contributed by atoms with Gasteiger partial charge >= 0.3 is 0 Å². The topological polar surface area (TPSA) is 54.7 Å². The van der Waals surface area contributed by atoms with E-state index in [4.69, 9.17) is 5.73 Å². The molecule has 3 rings (SSSR count). The molecule has 5 heteroatoms. The molecule has 0 spiro atoms. The number of benzene rings is 2. The quantitative estimate of drug-likeness (QED) is 0.541. The lowest BCUT2D eigenvalue weighted by atomic mass is 10.2. The van der Waals surface area contributed by atoms with E-state index < -0.39 is 0 Å². The Bertz CT molecular complexity index is 767. The van der Waals surface area contributed by atoms with Crippen LogP contribution in [0.15, 0.2) is 46.0 Å². The van der Waals surface area contributed by atoms with Gasteiger partial charge in [0.05, 0.1) is 11.0 Å². The molecule has 1 aromatic heterocycles. The molecule has 0 bridgehead atoms. The van der Waals surface area contributed by atoms with Crippen LogP contribution in [0.1, 0.15) is 11.1 Å². The molecule has 3 nitrogen and oxygen atoms in total. The molecule has 0 amide bonds. The van der Waals surface area contributed by atoms with Gasteiger partial charge in [-0.3, -0.25) is 0 Å². The van der Waals surface area contributed by atoms with Crippen molar-refractivity contribution in [1.82, 2.24) is 9.97 Å². The summed E-state index contributed by atoms with van der Waals surface area (Å²) in [6.07, 6.45) is 0. The van der Waals surface area contributed by atoms with Crippen LogP contribution < -0.4 is 5.73 Å². The number of thioether (sulfide) groups is 1. The SMILES string of the molecule is Cc1ccc2nc(SCc3cccc(N)c3Br)[nH]c2c1. The number of hydrogen-bond donors (Lipinski definition) is 2. The minimum absolute atomic E-state index is 0.767. The minimum atomic E-state index is 0.767.